The fourth-order valence-corrected chi connectivity index (χ4v) is 1.63. The maximum Gasteiger partial charge on any atom is 0.249 e. The van der Waals surface area contributed by atoms with Crippen molar-refractivity contribution < 1.29 is 9.53 Å². The van der Waals surface area contributed by atoms with E-state index >= 15 is 0 Å². The summed E-state index contributed by atoms with van der Waals surface area (Å²) in [6, 6.07) is 0. The van der Waals surface area contributed by atoms with Gasteiger partial charge in [0.25, 0.3) is 0 Å². The molecule has 0 aromatic heterocycles. The van der Waals surface area contributed by atoms with Crippen LogP contribution in [0, 0.1) is 0 Å². The highest BCUT2D eigenvalue weighted by molar-refractivity contribution is 6.74. The number of unbranched alkanes of at least 4 members (excludes halogenated alkanes) is 2. The highest BCUT2D eigenvalue weighted by atomic mass is 28.4. The minimum absolute atomic E-state index is 0.266. The number of hydrogen-bond acceptors (Lipinski definition) is 2. The summed E-state index contributed by atoms with van der Waals surface area (Å²) in [4.78, 5) is 0. The van der Waals surface area contributed by atoms with Gasteiger partial charge in [0.2, 0.25) is 8.32 Å². The number of aliphatic hydroxyl groups is 1. The van der Waals surface area contributed by atoms with E-state index in [0.717, 1.165) is 19.3 Å². The summed E-state index contributed by atoms with van der Waals surface area (Å²) in [5.41, 5.74) is 0. The predicted molar refractivity (Wildman–Crippen MR) is 68.4 cm³/mol. The molecule has 0 bridgehead atoms. The zero-order valence-corrected chi connectivity index (χ0v) is 11.8. The minimum Gasteiger partial charge on any atom is -0.549 e. The lowest BCUT2D eigenvalue weighted by Crippen LogP contribution is -2.39. The van der Waals surface area contributed by atoms with Gasteiger partial charge in [-0.2, -0.15) is 0 Å². The van der Waals surface area contributed by atoms with Gasteiger partial charge in [0.15, 0.2) is 0 Å². The average Bonchev–Trinajstić information content (AvgIpc) is 2.09. The molecule has 1 N–H and O–H groups in total. The quantitative estimate of drug-likeness (QED) is 0.428. The standard InChI is InChI=1S/C12H26O2Si/c1-12(2,3)15(4,5)14-11-9-7-6-8-10-13/h9,11,13H,6-8,10H2,1-5H3/b11-9-. The van der Waals surface area contributed by atoms with Gasteiger partial charge in [-0.15, -0.1) is 0 Å². The number of rotatable bonds is 6. The van der Waals surface area contributed by atoms with Crippen LogP contribution in [0.3, 0.4) is 0 Å². The van der Waals surface area contributed by atoms with Gasteiger partial charge in [-0.1, -0.05) is 26.8 Å². The fraction of sp³-hybridized carbons (Fsp3) is 0.833. The zero-order valence-electron chi connectivity index (χ0n) is 10.8. The molecule has 0 aromatic rings. The zero-order chi connectivity index (χ0) is 11.9. The van der Waals surface area contributed by atoms with Crippen LogP contribution in [-0.2, 0) is 4.43 Å². The van der Waals surface area contributed by atoms with Crippen molar-refractivity contribution in [3.63, 3.8) is 0 Å². The van der Waals surface area contributed by atoms with E-state index in [1.165, 1.54) is 0 Å². The van der Waals surface area contributed by atoms with Crippen LogP contribution >= 0.6 is 0 Å². The summed E-state index contributed by atoms with van der Waals surface area (Å²) in [5, 5.41) is 8.88. The molecule has 2 nitrogen and oxygen atoms in total. The lowest BCUT2D eigenvalue weighted by Gasteiger charge is -2.34. The summed E-state index contributed by atoms with van der Waals surface area (Å²) in [5.74, 6) is 0. The van der Waals surface area contributed by atoms with Crippen LogP contribution in [-0.4, -0.2) is 20.0 Å². The number of aliphatic hydroxyl groups excluding tert-OH is 1. The van der Waals surface area contributed by atoms with E-state index in [4.69, 9.17) is 9.53 Å². The first-order chi connectivity index (χ1) is 6.81. The number of hydrogen-bond donors (Lipinski definition) is 1. The molecule has 0 saturated heterocycles. The van der Waals surface area contributed by atoms with Crippen molar-refractivity contribution in [2.75, 3.05) is 6.61 Å². The van der Waals surface area contributed by atoms with Gasteiger partial charge in [0.1, 0.15) is 0 Å². The summed E-state index contributed by atoms with van der Waals surface area (Å²) in [6.07, 6.45) is 6.83. The van der Waals surface area contributed by atoms with Crippen LogP contribution in [0.5, 0.6) is 0 Å². The van der Waals surface area contributed by atoms with Crippen molar-refractivity contribution >= 4 is 8.32 Å². The van der Waals surface area contributed by atoms with Gasteiger partial charge in [-0.3, -0.25) is 0 Å². The Balaban J connectivity index is 3.84. The SMILES string of the molecule is CC(C)(C)[Si](C)(C)O/C=C\CCCCO. The van der Waals surface area contributed by atoms with E-state index in [-0.39, 0.29) is 11.6 Å². The molecule has 0 aliphatic rings. The first-order valence-electron chi connectivity index (χ1n) is 5.75. The maximum absolute atomic E-state index is 8.61. The molecule has 0 aliphatic heterocycles. The highest BCUT2D eigenvalue weighted by Gasteiger charge is 2.37. The second-order valence-corrected chi connectivity index (χ2v) is 10.2. The van der Waals surface area contributed by atoms with Crippen molar-refractivity contribution in [1.29, 1.82) is 0 Å². The summed E-state index contributed by atoms with van der Waals surface area (Å²) >= 11 is 0. The Morgan fingerprint density at radius 3 is 2.27 bits per heavy atom. The van der Waals surface area contributed by atoms with Crippen molar-refractivity contribution in [3.05, 3.63) is 12.3 Å². The van der Waals surface area contributed by atoms with Crippen molar-refractivity contribution in [3.8, 4) is 0 Å². The molecular weight excluding hydrogens is 204 g/mol. The first kappa shape index (κ1) is 14.7. The van der Waals surface area contributed by atoms with Crippen molar-refractivity contribution in [2.45, 2.75) is 58.2 Å². The van der Waals surface area contributed by atoms with Crippen LogP contribution in [0.25, 0.3) is 0 Å². The highest BCUT2D eigenvalue weighted by Crippen LogP contribution is 2.36. The fourth-order valence-electron chi connectivity index (χ4n) is 0.837. The van der Waals surface area contributed by atoms with E-state index < -0.39 is 8.32 Å². The van der Waals surface area contributed by atoms with E-state index in [2.05, 4.69) is 39.9 Å². The molecule has 15 heavy (non-hydrogen) atoms. The van der Waals surface area contributed by atoms with Crippen LogP contribution in [0.4, 0.5) is 0 Å². The third kappa shape index (κ3) is 6.00. The molecule has 0 saturated carbocycles. The van der Waals surface area contributed by atoms with E-state index in [1.807, 2.05) is 6.26 Å². The molecule has 0 unspecified atom stereocenters. The van der Waals surface area contributed by atoms with E-state index in [0.29, 0.717) is 0 Å². The van der Waals surface area contributed by atoms with E-state index in [9.17, 15) is 0 Å². The van der Waals surface area contributed by atoms with Gasteiger partial charge in [0, 0.05) is 6.61 Å². The Morgan fingerprint density at radius 1 is 1.20 bits per heavy atom. The Bertz CT molecular complexity index is 192. The largest absolute Gasteiger partial charge is 0.549 e. The van der Waals surface area contributed by atoms with E-state index in [1.54, 1.807) is 0 Å². The Morgan fingerprint density at radius 2 is 1.80 bits per heavy atom. The summed E-state index contributed by atoms with van der Waals surface area (Å²) in [6.45, 7) is 11.5. The lowest BCUT2D eigenvalue weighted by molar-refractivity contribution is 0.285. The molecule has 0 rings (SSSR count). The predicted octanol–water partition coefficient (Wildman–Crippen LogP) is 3.68. The Labute approximate surface area is 95.5 Å². The smallest absolute Gasteiger partial charge is 0.249 e. The molecule has 0 fully saturated rings. The Hall–Kier alpha value is -0.283. The Kier molecular flexibility index (Phi) is 6.21. The monoisotopic (exact) mass is 230 g/mol. The summed E-state index contributed by atoms with van der Waals surface area (Å²) < 4.78 is 5.87. The van der Waals surface area contributed by atoms with Gasteiger partial charge in [0.05, 0.1) is 6.26 Å². The number of allylic oxidation sites excluding steroid dienone is 1. The second-order valence-electron chi connectivity index (χ2n) is 5.47. The molecule has 0 amide bonds. The van der Waals surface area contributed by atoms with Crippen LogP contribution in [0.2, 0.25) is 18.1 Å². The molecule has 0 aliphatic carbocycles. The third-order valence-corrected chi connectivity index (χ3v) is 7.38. The first-order valence-corrected chi connectivity index (χ1v) is 8.66. The normalized spacial score (nSPS) is 13.5. The molecule has 3 heteroatoms. The van der Waals surface area contributed by atoms with Crippen LogP contribution in [0.15, 0.2) is 12.3 Å². The topological polar surface area (TPSA) is 29.5 Å². The van der Waals surface area contributed by atoms with Crippen LogP contribution in [0.1, 0.15) is 40.0 Å². The van der Waals surface area contributed by atoms with Gasteiger partial charge < -0.3 is 9.53 Å². The molecule has 0 aromatic carbocycles. The maximum atomic E-state index is 8.61. The lowest BCUT2D eigenvalue weighted by atomic mass is 10.2. The molecule has 0 heterocycles. The van der Waals surface area contributed by atoms with Gasteiger partial charge in [-0.25, -0.2) is 0 Å². The molecular formula is C12H26O2Si. The van der Waals surface area contributed by atoms with Crippen molar-refractivity contribution in [2.24, 2.45) is 0 Å². The van der Waals surface area contributed by atoms with Crippen LogP contribution < -0.4 is 0 Å². The molecule has 0 radical (unpaired) electrons. The third-order valence-electron chi connectivity index (χ3n) is 3.04. The molecule has 0 atom stereocenters. The summed E-state index contributed by atoms with van der Waals surface area (Å²) in [7, 11) is -1.61. The molecule has 90 valence electrons. The van der Waals surface area contributed by atoms with Crippen molar-refractivity contribution in [1.82, 2.24) is 0 Å². The van der Waals surface area contributed by atoms with Gasteiger partial charge >= 0.3 is 0 Å². The second kappa shape index (κ2) is 6.33. The molecule has 0 spiro atoms. The minimum atomic E-state index is -1.61. The average molecular weight is 230 g/mol. The van der Waals surface area contributed by atoms with Gasteiger partial charge in [-0.05, 0) is 37.4 Å².